The zero-order valence-corrected chi connectivity index (χ0v) is 18.9. The average Bonchev–Trinajstić information content (AvgIpc) is 3.01. The number of H-pyrrole nitrogens is 1. The van der Waals surface area contributed by atoms with Gasteiger partial charge in [-0.3, -0.25) is 25.2 Å². The SMILES string of the molecule is Cc1c(C(=O)NNC(=O)c2cccc(S(=O)(=O)N(C)C)c2)[nH]c2c1C(=O)CC(C)(C)C2. The zero-order valence-electron chi connectivity index (χ0n) is 18.1. The Balaban J connectivity index is 1.75. The van der Waals surface area contributed by atoms with E-state index in [1.807, 2.05) is 13.8 Å². The van der Waals surface area contributed by atoms with Gasteiger partial charge in [-0.1, -0.05) is 19.9 Å². The van der Waals surface area contributed by atoms with Gasteiger partial charge in [0.1, 0.15) is 5.69 Å². The van der Waals surface area contributed by atoms with Crippen LogP contribution in [0.25, 0.3) is 0 Å². The first-order chi connectivity index (χ1) is 14.3. The molecule has 0 saturated carbocycles. The van der Waals surface area contributed by atoms with Gasteiger partial charge in [-0.25, -0.2) is 12.7 Å². The normalized spacial score (nSPS) is 15.5. The van der Waals surface area contributed by atoms with Gasteiger partial charge in [0.25, 0.3) is 11.8 Å². The lowest BCUT2D eigenvalue weighted by molar-refractivity contribution is 0.0843. The Bertz CT molecular complexity index is 1180. The van der Waals surface area contributed by atoms with Crippen molar-refractivity contribution in [3.63, 3.8) is 0 Å². The summed E-state index contributed by atoms with van der Waals surface area (Å²) in [5, 5.41) is 0. The lowest BCUT2D eigenvalue weighted by Gasteiger charge is -2.28. The molecule has 0 spiro atoms. The van der Waals surface area contributed by atoms with Crippen molar-refractivity contribution in [2.45, 2.75) is 38.5 Å². The number of nitrogens with zero attached hydrogens (tertiary/aromatic N) is 1. The number of hydrogen-bond acceptors (Lipinski definition) is 5. The third-order valence-corrected chi connectivity index (χ3v) is 7.10. The summed E-state index contributed by atoms with van der Waals surface area (Å²) >= 11 is 0. The summed E-state index contributed by atoms with van der Waals surface area (Å²) < 4.78 is 25.6. The Morgan fingerprint density at radius 3 is 2.39 bits per heavy atom. The Hall–Kier alpha value is -2.98. The molecule has 0 unspecified atom stereocenters. The minimum atomic E-state index is -3.70. The van der Waals surface area contributed by atoms with Gasteiger partial charge in [0.15, 0.2) is 5.78 Å². The first kappa shape index (κ1) is 22.7. The van der Waals surface area contributed by atoms with Gasteiger partial charge in [0, 0.05) is 37.3 Å². The van der Waals surface area contributed by atoms with Crippen LogP contribution in [0.3, 0.4) is 0 Å². The van der Waals surface area contributed by atoms with Crippen molar-refractivity contribution in [3.8, 4) is 0 Å². The van der Waals surface area contributed by atoms with Crippen LogP contribution in [-0.4, -0.2) is 49.4 Å². The van der Waals surface area contributed by atoms with Crippen LogP contribution in [-0.2, 0) is 16.4 Å². The van der Waals surface area contributed by atoms with E-state index in [1.54, 1.807) is 6.92 Å². The number of fused-ring (bicyclic) bond motifs is 1. The van der Waals surface area contributed by atoms with E-state index in [2.05, 4.69) is 15.8 Å². The van der Waals surface area contributed by atoms with Crippen LogP contribution in [0, 0.1) is 12.3 Å². The number of Topliss-reactive ketones (excluding diaryl/α,β-unsaturated/α-hetero) is 1. The van der Waals surface area contributed by atoms with Crippen molar-refractivity contribution in [2.24, 2.45) is 5.41 Å². The predicted molar refractivity (Wildman–Crippen MR) is 114 cm³/mol. The fourth-order valence-corrected chi connectivity index (χ4v) is 4.66. The second-order valence-electron chi connectivity index (χ2n) is 8.64. The van der Waals surface area contributed by atoms with E-state index in [0.29, 0.717) is 24.0 Å². The quantitative estimate of drug-likeness (QED) is 0.617. The van der Waals surface area contributed by atoms with E-state index in [0.717, 1.165) is 10.00 Å². The number of aromatic amines is 1. The molecule has 1 aliphatic rings. The lowest BCUT2D eigenvalue weighted by atomic mass is 9.75. The summed E-state index contributed by atoms with van der Waals surface area (Å²) in [6, 6.07) is 5.51. The summed E-state index contributed by atoms with van der Waals surface area (Å²) in [5.74, 6) is -1.28. The van der Waals surface area contributed by atoms with Gasteiger partial charge < -0.3 is 4.98 Å². The van der Waals surface area contributed by atoms with Crippen molar-refractivity contribution in [1.82, 2.24) is 20.1 Å². The fourth-order valence-electron chi connectivity index (χ4n) is 3.72. The number of carbonyl (C=O) groups is 3. The molecule has 0 atom stereocenters. The molecule has 2 aromatic rings. The molecule has 0 radical (unpaired) electrons. The van der Waals surface area contributed by atoms with E-state index in [-0.39, 0.29) is 27.4 Å². The maximum Gasteiger partial charge on any atom is 0.286 e. The third-order valence-electron chi connectivity index (χ3n) is 5.29. The molecular formula is C21H26N4O5S. The Morgan fingerprint density at radius 2 is 1.74 bits per heavy atom. The first-order valence-electron chi connectivity index (χ1n) is 9.71. The molecule has 3 rings (SSSR count). The van der Waals surface area contributed by atoms with Crippen LogP contribution >= 0.6 is 0 Å². The van der Waals surface area contributed by atoms with Crippen LogP contribution in [0.4, 0.5) is 0 Å². The third kappa shape index (κ3) is 4.40. The van der Waals surface area contributed by atoms with Gasteiger partial charge in [-0.05, 0) is 42.5 Å². The van der Waals surface area contributed by atoms with Gasteiger partial charge in [-0.2, -0.15) is 0 Å². The molecule has 0 bridgehead atoms. The number of rotatable bonds is 4. The van der Waals surface area contributed by atoms with Gasteiger partial charge in [0.2, 0.25) is 10.0 Å². The van der Waals surface area contributed by atoms with Crippen LogP contribution in [0.5, 0.6) is 0 Å². The molecule has 31 heavy (non-hydrogen) atoms. The van der Waals surface area contributed by atoms with Crippen LogP contribution in [0.2, 0.25) is 0 Å². The van der Waals surface area contributed by atoms with Crippen molar-refractivity contribution in [1.29, 1.82) is 0 Å². The molecule has 1 aromatic carbocycles. The highest BCUT2D eigenvalue weighted by Crippen LogP contribution is 2.36. The van der Waals surface area contributed by atoms with Crippen LogP contribution in [0.15, 0.2) is 29.2 Å². The number of nitrogens with one attached hydrogen (secondary N) is 3. The lowest BCUT2D eigenvalue weighted by Crippen LogP contribution is -2.42. The van der Waals surface area contributed by atoms with E-state index < -0.39 is 21.8 Å². The summed E-state index contributed by atoms with van der Waals surface area (Å²) in [4.78, 5) is 40.6. The minimum absolute atomic E-state index is 0.0120. The van der Waals surface area contributed by atoms with Gasteiger partial charge in [-0.15, -0.1) is 0 Å². The molecule has 0 fully saturated rings. The maximum atomic E-state index is 12.6. The predicted octanol–water partition coefficient (Wildman–Crippen LogP) is 1.80. The van der Waals surface area contributed by atoms with E-state index >= 15 is 0 Å². The molecule has 1 heterocycles. The Morgan fingerprint density at radius 1 is 1.10 bits per heavy atom. The Labute approximate surface area is 181 Å². The highest BCUT2D eigenvalue weighted by molar-refractivity contribution is 7.89. The summed E-state index contributed by atoms with van der Waals surface area (Å²) in [6.07, 6.45) is 1.05. The summed E-state index contributed by atoms with van der Waals surface area (Å²) in [5.41, 5.74) is 6.50. The maximum absolute atomic E-state index is 12.6. The molecule has 0 aliphatic heterocycles. The Kier molecular flexibility index (Phi) is 5.81. The van der Waals surface area contributed by atoms with Crippen LogP contribution in [0.1, 0.15) is 62.7 Å². The fraction of sp³-hybridized carbons (Fsp3) is 0.381. The number of sulfonamides is 1. The number of hydrazine groups is 1. The number of aromatic nitrogens is 1. The standard InChI is InChI=1S/C21H26N4O5S/c1-12-17-15(10-21(2,3)11-16(17)26)22-18(12)20(28)24-23-19(27)13-7-6-8-14(9-13)31(29,30)25(4)5/h6-9,22H,10-11H2,1-5H3,(H,23,27)(H,24,28). The molecule has 166 valence electrons. The highest BCUT2D eigenvalue weighted by Gasteiger charge is 2.35. The van der Waals surface area contributed by atoms with Crippen molar-refractivity contribution in [3.05, 3.63) is 52.3 Å². The molecule has 3 N–H and O–H groups in total. The molecule has 1 aromatic heterocycles. The van der Waals surface area contributed by atoms with Gasteiger partial charge >= 0.3 is 0 Å². The second kappa shape index (κ2) is 7.93. The molecule has 2 amide bonds. The molecular weight excluding hydrogens is 420 g/mol. The minimum Gasteiger partial charge on any atom is -0.353 e. The number of hydrogen-bond donors (Lipinski definition) is 3. The average molecular weight is 447 g/mol. The van der Waals surface area contributed by atoms with E-state index in [4.69, 9.17) is 0 Å². The summed E-state index contributed by atoms with van der Waals surface area (Å²) in [7, 11) is -0.910. The van der Waals surface area contributed by atoms with Gasteiger partial charge in [0.05, 0.1) is 4.90 Å². The number of amides is 2. The van der Waals surface area contributed by atoms with E-state index in [1.165, 1.54) is 38.4 Å². The van der Waals surface area contributed by atoms with E-state index in [9.17, 15) is 22.8 Å². The number of carbonyl (C=O) groups excluding carboxylic acids is 3. The number of ketones is 1. The molecule has 10 heteroatoms. The van der Waals surface area contributed by atoms with Crippen molar-refractivity contribution >= 4 is 27.6 Å². The van der Waals surface area contributed by atoms with Crippen molar-refractivity contribution in [2.75, 3.05) is 14.1 Å². The number of benzene rings is 1. The molecule has 0 saturated heterocycles. The highest BCUT2D eigenvalue weighted by atomic mass is 32.2. The zero-order chi connectivity index (χ0) is 23.1. The second-order valence-corrected chi connectivity index (χ2v) is 10.8. The van der Waals surface area contributed by atoms with Crippen molar-refractivity contribution < 1.29 is 22.8 Å². The summed E-state index contributed by atoms with van der Waals surface area (Å²) in [6.45, 7) is 5.68. The largest absolute Gasteiger partial charge is 0.353 e. The topological polar surface area (TPSA) is 128 Å². The monoisotopic (exact) mass is 446 g/mol. The molecule has 9 nitrogen and oxygen atoms in total. The smallest absolute Gasteiger partial charge is 0.286 e. The van der Waals surface area contributed by atoms with Crippen LogP contribution < -0.4 is 10.9 Å². The molecule has 1 aliphatic carbocycles. The first-order valence-corrected chi connectivity index (χ1v) is 11.2.